The van der Waals surface area contributed by atoms with E-state index in [4.69, 9.17) is 14.7 Å². The second kappa shape index (κ2) is 11.5. The van der Waals surface area contributed by atoms with Gasteiger partial charge in [-0.2, -0.15) is 0 Å². The molecule has 2 fully saturated rings. The minimum Gasteiger partial charge on any atom is -0.393 e. The van der Waals surface area contributed by atoms with Gasteiger partial charge in [-0.3, -0.25) is 0 Å². The normalized spacial score (nSPS) is 18.5. The summed E-state index contributed by atoms with van der Waals surface area (Å²) in [7, 11) is 1.99. The number of thioether (sulfide) groups is 1. The van der Waals surface area contributed by atoms with Crippen LogP contribution in [0.15, 0.2) is 41.4 Å². The first-order valence-corrected chi connectivity index (χ1v) is 13.5. The van der Waals surface area contributed by atoms with Crippen LogP contribution < -0.4 is 15.5 Å². The van der Waals surface area contributed by atoms with Gasteiger partial charge in [-0.15, -0.1) is 11.8 Å². The lowest BCUT2D eigenvalue weighted by Gasteiger charge is -2.29. The molecule has 0 spiro atoms. The number of nitrogens with zero attached hydrogens (tertiary/aromatic N) is 3. The van der Waals surface area contributed by atoms with Gasteiger partial charge in [-0.05, 0) is 55.9 Å². The maximum Gasteiger partial charge on any atom is 0.161 e. The van der Waals surface area contributed by atoms with Crippen molar-refractivity contribution in [1.29, 1.82) is 0 Å². The van der Waals surface area contributed by atoms with E-state index in [0.29, 0.717) is 5.92 Å². The third-order valence-corrected chi connectivity index (χ3v) is 8.40. The fourth-order valence-electron chi connectivity index (χ4n) is 4.12. The highest BCUT2D eigenvalue weighted by Crippen LogP contribution is 2.60. The van der Waals surface area contributed by atoms with Crippen LogP contribution in [0.1, 0.15) is 52.1 Å². The van der Waals surface area contributed by atoms with Crippen molar-refractivity contribution in [2.24, 2.45) is 5.92 Å². The number of hydrogen-bond acceptors (Lipinski definition) is 7. The van der Waals surface area contributed by atoms with Crippen molar-refractivity contribution in [3.8, 4) is 11.4 Å². The second-order valence-electron chi connectivity index (χ2n) is 9.28. The number of hydrogen-bond donors (Lipinski definition) is 2. The van der Waals surface area contributed by atoms with Crippen LogP contribution in [0.2, 0.25) is 0 Å². The van der Waals surface area contributed by atoms with Crippen LogP contribution in [0.25, 0.3) is 11.4 Å². The molecule has 1 saturated carbocycles. The SMILES string of the molecule is CCCNc1ccc(-c2nc(N3CCOCC3)cc(C3(S/C(=C/NC)C(C)CC)CC3)n2)cc1. The Bertz CT molecular complexity index is 967. The van der Waals surface area contributed by atoms with E-state index in [1.165, 1.54) is 4.91 Å². The monoisotopic (exact) mass is 481 g/mol. The summed E-state index contributed by atoms with van der Waals surface area (Å²) in [5.74, 6) is 2.36. The highest BCUT2D eigenvalue weighted by Gasteiger charge is 2.48. The van der Waals surface area contributed by atoms with E-state index in [1.54, 1.807) is 0 Å². The summed E-state index contributed by atoms with van der Waals surface area (Å²) in [6, 6.07) is 10.8. The molecule has 4 rings (SSSR count). The molecule has 1 aliphatic heterocycles. The summed E-state index contributed by atoms with van der Waals surface area (Å²) >= 11 is 1.99. The largest absolute Gasteiger partial charge is 0.393 e. The topological polar surface area (TPSA) is 62.3 Å². The molecule has 184 valence electrons. The Morgan fingerprint density at radius 2 is 1.91 bits per heavy atom. The highest BCUT2D eigenvalue weighted by atomic mass is 32.2. The van der Waals surface area contributed by atoms with Crippen LogP contribution in [0.3, 0.4) is 0 Å². The van der Waals surface area contributed by atoms with Crippen LogP contribution in [-0.4, -0.2) is 49.9 Å². The molecule has 1 aliphatic carbocycles. The molecular weight excluding hydrogens is 442 g/mol. The molecule has 34 heavy (non-hydrogen) atoms. The van der Waals surface area contributed by atoms with Gasteiger partial charge >= 0.3 is 0 Å². The van der Waals surface area contributed by atoms with E-state index in [0.717, 1.165) is 87.1 Å². The van der Waals surface area contributed by atoms with E-state index >= 15 is 0 Å². The Morgan fingerprint density at radius 3 is 2.53 bits per heavy atom. The van der Waals surface area contributed by atoms with Crippen LogP contribution in [-0.2, 0) is 9.48 Å². The van der Waals surface area contributed by atoms with Gasteiger partial charge in [-0.1, -0.05) is 20.8 Å². The van der Waals surface area contributed by atoms with Gasteiger partial charge in [0.1, 0.15) is 5.82 Å². The molecule has 2 aliphatic rings. The Hall–Kier alpha value is -2.25. The molecule has 0 bridgehead atoms. The molecule has 1 aromatic carbocycles. The number of aromatic nitrogens is 2. The van der Waals surface area contributed by atoms with Crippen molar-refractivity contribution < 1.29 is 4.74 Å². The van der Waals surface area contributed by atoms with Gasteiger partial charge in [0, 0.05) is 55.1 Å². The minimum atomic E-state index is 0.0352. The molecule has 1 atom stereocenters. The van der Waals surface area contributed by atoms with E-state index in [9.17, 15) is 0 Å². The first kappa shape index (κ1) is 24.9. The number of benzene rings is 1. The first-order chi connectivity index (χ1) is 16.6. The van der Waals surface area contributed by atoms with Crippen molar-refractivity contribution in [3.63, 3.8) is 0 Å². The Morgan fingerprint density at radius 1 is 1.18 bits per heavy atom. The minimum absolute atomic E-state index is 0.0352. The van der Waals surface area contributed by atoms with Crippen LogP contribution >= 0.6 is 11.8 Å². The number of anilines is 2. The van der Waals surface area contributed by atoms with Crippen LogP contribution in [0.4, 0.5) is 11.5 Å². The summed E-state index contributed by atoms with van der Waals surface area (Å²) in [5, 5.41) is 6.71. The van der Waals surface area contributed by atoms with E-state index in [1.807, 2.05) is 18.8 Å². The number of ether oxygens (including phenoxy) is 1. The maximum absolute atomic E-state index is 5.60. The maximum atomic E-state index is 5.60. The average Bonchev–Trinajstić information content (AvgIpc) is 3.68. The summed E-state index contributed by atoms with van der Waals surface area (Å²) in [6.45, 7) is 11.0. The van der Waals surface area contributed by atoms with Gasteiger partial charge in [0.2, 0.25) is 0 Å². The van der Waals surface area contributed by atoms with E-state index in [2.05, 4.69) is 72.8 Å². The number of nitrogens with one attached hydrogen (secondary N) is 2. The highest BCUT2D eigenvalue weighted by molar-refractivity contribution is 8.04. The Labute approximate surface area is 209 Å². The molecule has 0 amide bonds. The van der Waals surface area contributed by atoms with Gasteiger partial charge in [0.15, 0.2) is 5.82 Å². The van der Waals surface area contributed by atoms with Gasteiger partial charge in [0.05, 0.1) is 23.7 Å². The smallest absolute Gasteiger partial charge is 0.161 e. The lowest BCUT2D eigenvalue weighted by Crippen LogP contribution is -2.37. The van der Waals surface area contributed by atoms with E-state index in [-0.39, 0.29) is 4.75 Å². The fraction of sp³-hybridized carbons (Fsp3) is 0.556. The Kier molecular flexibility index (Phi) is 8.37. The number of morpholine rings is 1. The third-order valence-electron chi connectivity index (χ3n) is 6.64. The van der Waals surface area contributed by atoms with Crippen LogP contribution in [0.5, 0.6) is 0 Å². The standard InChI is InChI=1S/C27H39N5OS/c1-5-13-29-22-9-7-21(8-10-22)26-30-24(18-25(31-26)32-14-16-33-17-15-32)27(11-12-27)34-23(19-28-4)20(3)6-2/h7-10,18-20,28-29H,5-6,11-17H2,1-4H3/b23-19+. The second-order valence-corrected chi connectivity index (χ2v) is 10.7. The lowest BCUT2D eigenvalue weighted by atomic mass is 10.1. The van der Waals surface area contributed by atoms with Gasteiger partial charge in [-0.25, -0.2) is 9.97 Å². The van der Waals surface area contributed by atoms with Crippen molar-refractivity contribution in [2.45, 2.75) is 51.2 Å². The number of rotatable bonds is 11. The van der Waals surface area contributed by atoms with Crippen molar-refractivity contribution in [2.75, 3.05) is 50.1 Å². The predicted octanol–water partition coefficient (Wildman–Crippen LogP) is 5.63. The van der Waals surface area contributed by atoms with Gasteiger partial charge < -0.3 is 20.3 Å². The summed E-state index contributed by atoms with van der Waals surface area (Å²) in [6.07, 6.45) is 6.70. The fourth-order valence-corrected chi connectivity index (χ4v) is 5.63. The molecule has 2 heterocycles. The first-order valence-electron chi connectivity index (χ1n) is 12.7. The van der Waals surface area contributed by atoms with Crippen molar-refractivity contribution >= 4 is 23.3 Å². The average molecular weight is 482 g/mol. The summed E-state index contributed by atoms with van der Waals surface area (Å²) in [5.41, 5.74) is 3.36. The Balaban J connectivity index is 1.68. The molecule has 2 N–H and O–H groups in total. The zero-order valence-electron chi connectivity index (χ0n) is 21.1. The number of allylic oxidation sites excluding steroid dienone is 1. The zero-order valence-corrected chi connectivity index (χ0v) is 21.9. The zero-order chi connectivity index (χ0) is 24.0. The van der Waals surface area contributed by atoms with Gasteiger partial charge in [0.25, 0.3) is 0 Å². The molecule has 6 nitrogen and oxygen atoms in total. The van der Waals surface area contributed by atoms with Crippen LogP contribution in [0, 0.1) is 5.92 Å². The lowest BCUT2D eigenvalue weighted by molar-refractivity contribution is 0.122. The molecule has 7 heteroatoms. The molecular formula is C27H39N5OS. The third kappa shape index (κ3) is 5.87. The van der Waals surface area contributed by atoms with Crippen molar-refractivity contribution in [1.82, 2.24) is 15.3 Å². The quantitative estimate of drug-likeness (QED) is 0.431. The molecule has 1 saturated heterocycles. The summed E-state index contributed by atoms with van der Waals surface area (Å²) < 4.78 is 5.63. The molecule has 1 unspecified atom stereocenters. The molecule has 2 aromatic rings. The predicted molar refractivity (Wildman–Crippen MR) is 144 cm³/mol. The molecule has 1 aromatic heterocycles. The van der Waals surface area contributed by atoms with E-state index < -0.39 is 0 Å². The molecule has 0 radical (unpaired) electrons. The van der Waals surface area contributed by atoms with Crippen molar-refractivity contribution in [3.05, 3.63) is 47.1 Å². The summed E-state index contributed by atoms with van der Waals surface area (Å²) in [4.78, 5) is 13.9.